The van der Waals surface area contributed by atoms with Crippen LogP contribution in [0, 0.1) is 0 Å². The first-order valence-corrected chi connectivity index (χ1v) is 10.1. The largest absolute Gasteiger partial charge is 0.497 e. The lowest BCUT2D eigenvalue weighted by atomic mass is 10.2. The minimum Gasteiger partial charge on any atom is -0.497 e. The van der Waals surface area contributed by atoms with Crippen LogP contribution in [0.1, 0.15) is 18.4 Å². The molecule has 0 aliphatic carbocycles. The smallest absolute Gasteiger partial charge is 0.244 e. The lowest BCUT2D eigenvalue weighted by Gasteiger charge is -2.18. The molecule has 26 heavy (non-hydrogen) atoms. The summed E-state index contributed by atoms with van der Waals surface area (Å²) in [6.45, 7) is 2.38. The van der Waals surface area contributed by atoms with Crippen molar-refractivity contribution < 1.29 is 17.9 Å². The molecule has 0 spiro atoms. The van der Waals surface area contributed by atoms with Gasteiger partial charge in [-0.1, -0.05) is 12.1 Å². The maximum Gasteiger partial charge on any atom is 0.244 e. The summed E-state index contributed by atoms with van der Waals surface area (Å²) < 4.78 is 38.3. The van der Waals surface area contributed by atoms with Crippen LogP contribution in [0.3, 0.4) is 0 Å². The number of rotatable bonds is 7. The third-order valence-electron chi connectivity index (χ3n) is 4.53. The Hall–Kier alpha value is -2.25. The van der Waals surface area contributed by atoms with E-state index < -0.39 is 10.0 Å². The molecular weight excluding hydrogens is 352 g/mol. The Morgan fingerprint density at radius 3 is 2.31 bits per heavy atom. The lowest BCUT2D eigenvalue weighted by molar-refractivity contribution is 0.392. The van der Waals surface area contributed by atoms with Gasteiger partial charge in [0.25, 0.3) is 0 Å². The predicted molar refractivity (Wildman–Crippen MR) is 101 cm³/mol. The van der Waals surface area contributed by atoms with Crippen molar-refractivity contribution in [3.05, 3.63) is 48.0 Å². The fraction of sp³-hybridized carbons (Fsp3) is 0.368. The van der Waals surface area contributed by atoms with E-state index in [2.05, 4.69) is 9.62 Å². The maximum atomic E-state index is 12.7. The van der Waals surface area contributed by atoms with E-state index in [1.54, 1.807) is 12.1 Å². The highest BCUT2D eigenvalue weighted by Gasteiger charge is 2.20. The number of benzene rings is 2. The molecule has 3 rings (SSSR count). The van der Waals surface area contributed by atoms with Crippen LogP contribution in [0.2, 0.25) is 0 Å². The second-order valence-corrected chi connectivity index (χ2v) is 7.94. The molecule has 0 amide bonds. The summed E-state index contributed by atoms with van der Waals surface area (Å²) in [6.07, 6.45) is 2.45. The number of sulfonamides is 1. The molecular formula is C19H24N2O4S. The van der Waals surface area contributed by atoms with E-state index in [9.17, 15) is 8.42 Å². The van der Waals surface area contributed by atoms with Crippen molar-refractivity contribution in [1.82, 2.24) is 4.72 Å². The average Bonchev–Trinajstić information content (AvgIpc) is 3.21. The van der Waals surface area contributed by atoms with Crippen molar-refractivity contribution in [2.45, 2.75) is 24.3 Å². The molecule has 1 aliphatic rings. The summed E-state index contributed by atoms with van der Waals surface area (Å²) in [7, 11) is -0.789. The molecule has 2 aromatic carbocycles. The number of hydrogen-bond acceptors (Lipinski definition) is 5. The quantitative estimate of drug-likeness (QED) is 0.805. The van der Waals surface area contributed by atoms with E-state index in [1.807, 2.05) is 24.3 Å². The number of anilines is 1. The Kier molecular flexibility index (Phi) is 5.68. The first-order chi connectivity index (χ1) is 12.5. The Morgan fingerprint density at radius 2 is 1.69 bits per heavy atom. The molecule has 0 aromatic heterocycles. The van der Waals surface area contributed by atoms with Gasteiger partial charge in [0.15, 0.2) is 0 Å². The van der Waals surface area contributed by atoms with Gasteiger partial charge in [-0.25, -0.2) is 13.1 Å². The van der Waals surface area contributed by atoms with E-state index in [4.69, 9.17) is 9.47 Å². The first kappa shape index (κ1) is 18.5. The van der Waals surface area contributed by atoms with Gasteiger partial charge < -0.3 is 14.4 Å². The van der Waals surface area contributed by atoms with E-state index in [0.29, 0.717) is 5.75 Å². The zero-order valence-electron chi connectivity index (χ0n) is 15.1. The number of hydrogen-bond donors (Lipinski definition) is 1. The molecule has 140 valence electrons. The highest BCUT2D eigenvalue weighted by molar-refractivity contribution is 7.89. The molecule has 2 aromatic rings. The summed E-state index contributed by atoms with van der Waals surface area (Å²) in [5.74, 6) is 0.740. The summed E-state index contributed by atoms with van der Waals surface area (Å²) in [5, 5.41) is 0. The van der Waals surface area contributed by atoms with Crippen LogP contribution in [0.15, 0.2) is 47.4 Å². The van der Waals surface area contributed by atoms with Gasteiger partial charge >= 0.3 is 0 Å². The molecule has 1 saturated heterocycles. The van der Waals surface area contributed by atoms with Crippen molar-refractivity contribution in [2.75, 3.05) is 32.2 Å². The summed E-state index contributed by atoms with van der Waals surface area (Å²) in [4.78, 5) is 2.41. The Bertz CT molecular complexity index is 844. The van der Waals surface area contributed by atoms with E-state index >= 15 is 0 Å². The van der Waals surface area contributed by atoms with Crippen LogP contribution < -0.4 is 19.1 Å². The molecule has 1 fully saturated rings. The fourth-order valence-corrected chi connectivity index (χ4v) is 4.25. The number of methoxy groups -OCH3 is 2. The van der Waals surface area contributed by atoms with E-state index in [1.165, 1.54) is 38.8 Å². The number of nitrogens with zero attached hydrogens (tertiary/aromatic N) is 1. The lowest BCUT2D eigenvalue weighted by Crippen LogP contribution is -2.24. The zero-order valence-corrected chi connectivity index (χ0v) is 15.9. The molecule has 1 N–H and O–H groups in total. The van der Waals surface area contributed by atoms with Gasteiger partial charge in [0.1, 0.15) is 16.4 Å². The van der Waals surface area contributed by atoms with Gasteiger partial charge in [0.05, 0.1) is 14.2 Å². The maximum absolute atomic E-state index is 12.7. The first-order valence-electron chi connectivity index (χ1n) is 8.59. The Balaban J connectivity index is 1.72. The fourth-order valence-electron chi connectivity index (χ4n) is 3.05. The SMILES string of the molecule is COc1ccc(OC)c(S(=O)(=O)NCc2ccc(N3CCCC3)cc2)c1. The van der Waals surface area contributed by atoms with Crippen LogP contribution in [0.4, 0.5) is 5.69 Å². The molecule has 1 aliphatic heterocycles. The van der Waals surface area contributed by atoms with E-state index in [-0.39, 0.29) is 17.2 Å². The normalized spacial score (nSPS) is 14.5. The van der Waals surface area contributed by atoms with Crippen LogP contribution in [0.5, 0.6) is 11.5 Å². The highest BCUT2D eigenvalue weighted by Crippen LogP contribution is 2.28. The van der Waals surface area contributed by atoms with Crippen molar-refractivity contribution in [3.8, 4) is 11.5 Å². The van der Waals surface area contributed by atoms with Gasteiger partial charge in [-0.05, 0) is 42.7 Å². The molecule has 0 radical (unpaired) electrons. The molecule has 0 atom stereocenters. The van der Waals surface area contributed by atoms with Crippen molar-refractivity contribution >= 4 is 15.7 Å². The van der Waals surface area contributed by atoms with Crippen LogP contribution in [-0.4, -0.2) is 35.7 Å². The minimum atomic E-state index is -3.73. The molecule has 0 saturated carbocycles. The monoisotopic (exact) mass is 376 g/mol. The van der Waals surface area contributed by atoms with Gasteiger partial charge in [-0.15, -0.1) is 0 Å². The third kappa shape index (κ3) is 4.11. The van der Waals surface area contributed by atoms with Crippen LogP contribution in [-0.2, 0) is 16.6 Å². The van der Waals surface area contributed by atoms with Crippen LogP contribution >= 0.6 is 0 Å². The number of ether oxygens (including phenoxy) is 2. The summed E-state index contributed by atoms with van der Waals surface area (Å²) in [5.41, 5.74) is 2.09. The number of nitrogens with one attached hydrogen (secondary N) is 1. The average molecular weight is 376 g/mol. The molecule has 0 unspecified atom stereocenters. The Morgan fingerprint density at radius 1 is 1.00 bits per heavy atom. The van der Waals surface area contributed by atoms with Gasteiger partial charge in [-0.3, -0.25) is 0 Å². The highest BCUT2D eigenvalue weighted by atomic mass is 32.2. The standard InChI is InChI=1S/C19H24N2O4S/c1-24-17-9-10-18(25-2)19(13-17)26(22,23)20-14-15-5-7-16(8-6-15)21-11-3-4-12-21/h5-10,13,20H,3-4,11-12,14H2,1-2H3. The Labute approximate surface area is 154 Å². The van der Waals surface area contributed by atoms with Crippen molar-refractivity contribution in [3.63, 3.8) is 0 Å². The predicted octanol–water partition coefficient (Wildman–Crippen LogP) is 2.78. The molecule has 1 heterocycles. The zero-order chi connectivity index (χ0) is 18.6. The minimum absolute atomic E-state index is 0.0630. The second kappa shape index (κ2) is 7.97. The summed E-state index contributed by atoms with van der Waals surface area (Å²) >= 11 is 0. The second-order valence-electron chi connectivity index (χ2n) is 6.20. The topological polar surface area (TPSA) is 67.9 Å². The van der Waals surface area contributed by atoms with Crippen molar-refractivity contribution in [1.29, 1.82) is 0 Å². The summed E-state index contributed by atoms with van der Waals surface area (Å²) in [6, 6.07) is 12.7. The van der Waals surface area contributed by atoms with Gasteiger partial charge in [-0.2, -0.15) is 0 Å². The van der Waals surface area contributed by atoms with Gasteiger partial charge in [0, 0.05) is 31.4 Å². The van der Waals surface area contributed by atoms with E-state index in [0.717, 1.165) is 18.7 Å². The van der Waals surface area contributed by atoms with Crippen LogP contribution in [0.25, 0.3) is 0 Å². The molecule has 6 nitrogen and oxygen atoms in total. The molecule has 0 bridgehead atoms. The van der Waals surface area contributed by atoms with Gasteiger partial charge in [0.2, 0.25) is 10.0 Å². The third-order valence-corrected chi connectivity index (χ3v) is 5.96. The molecule has 7 heteroatoms. The van der Waals surface area contributed by atoms with Crippen molar-refractivity contribution in [2.24, 2.45) is 0 Å².